The molecule has 0 N–H and O–H groups in total. The number of thioether (sulfide) groups is 1. The van der Waals surface area contributed by atoms with Gasteiger partial charge in [-0.25, -0.2) is 0 Å². The van der Waals surface area contributed by atoms with Crippen LogP contribution in [0.4, 0.5) is 0 Å². The fourth-order valence-corrected chi connectivity index (χ4v) is 3.59. The number of carbonyl (C=O) groups is 1. The minimum Gasteiger partial charge on any atom is -0.379 e. The molecule has 1 heterocycles. The lowest BCUT2D eigenvalue weighted by Gasteiger charge is -2.24. The second-order valence-corrected chi connectivity index (χ2v) is 6.58. The van der Waals surface area contributed by atoms with Crippen molar-refractivity contribution in [2.45, 2.75) is 31.7 Å². The Labute approximate surface area is 129 Å². The molecule has 20 heavy (non-hydrogen) atoms. The third-order valence-electron chi connectivity index (χ3n) is 3.10. The van der Waals surface area contributed by atoms with Crippen LogP contribution in [0.15, 0.2) is 24.3 Å². The average molecular weight is 314 g/mol. The van der Waals surface area contributed by atoms with Crippen LogP contribution in [0.1, 0.15) is 31.2 Å². The Hall–Kier alpha value is -0.710. The second-order valence-electron chi connectivity index (χ2n) is 5.08. The summed E-state index contributed by atoms with van der Waals surface area (Å²) in [5, 5.41) is 0.797. The van der Waals surface area contributed by atoms with Crippen LogP contribution in [0.2, 0.25) is 5.02 Å². The molecule has 0 bridgehead atoms. The first-order chi connectivity index (χ1) is 9.58. The molecule has 0 aliphatic carbocycles. The molecule has 0 spiro atoms. The first kappa shape index (κ1) is 15.7. The summed E-state index contributed by atoms with van der Waals surface area (Å²) < 4.78 is 5.53. The van der Waals surface area contributed by atoms with Crippen LogP contribution in [-0.4, -0.2) is 35.8 Å². The van der Waals surface area contributed by atoms with E-state index >= 15 is 0 Å². The van der Waals surface area contributed by atoms with E-state index in [4.69, 9.17) is 16.3 Å². The Balaban J connectivity index is 1.96. The molecule has 1 atom stereocenters. The quantitative estimate of drug-likeness (QED) is 0.749. The lowest BCUT2D eigenvalue weighted by Crippen LogP contribution is -2.30. The van der Waals surface area contributed by atoms with E-state index in [0.29, 0.717) is 17.4 Å². The van der Waals surface area contributed by atoms with Crippen LogP contribution in [0.3, 0.4) is 0 Å². The van der Waals surface area contributed by atoms with Crippen molar-refractivity contribution in [3.05, 3.63) is 34.9 Å². The van der Waals surface area contributed by atoms with E-state index in [1.807, 2.05) is 43.0 Å². The third kappa shape index (κ3) is 4.14. The zero-order valence-electron chi connectivity index (χ0n) is 11.8. The topological polar surface area (TPSA) is 29.5 Å². The Bertz CT molecular complexity index is 467. The van der Waals surface area contributed by atoms with E-state index < -0.39 is 0 Å². The molecule has 2 rings (SSSR count). The average Bonchev–Trinajstić information content (AvgIpc) is 2.76. The highest BCUT2D eigenvalue weighted by Crippen LogP contribution is 2.39. The molecule has 3 nitrogen and oxygen atoms in total. The van der Waals surface area contributed by atoms with Gasteiger partial charge < -0.3 is 9.64 Å². The zero-order valence-corrected chi connectivity index (χ0v) is 13.4. The van der Waals surface area contributed by atoms with Gasteiger partial charge in [0.2, 0.25) is 5.91 Å². The van der Waals surface area contributed by atoms with Gasteiger partial charge in [-0.2, -0.15) is 0 Å². The molecule has 0 saturated carbocycles. The largest absolute Gasteiger partial charge is 0.379 e. The maximum atomic E-state index is 12.0. The van der Waals surface area contributed by atoms with Gasteiger partial charge in [-0.1, -0.05) is 23.7 Å². The zero-order chi connectivity index (χ0) is 14.5. The molecule has 1 saturated heterocycles. The molecule has 1 aromatic rings. The van der Waals surface area contributed by atoms with Gasteiger partial charge in [0.1, 0.15) is 5.37 Å². The van der Waals surface area contributed by atoms with Gasteiger partial charge in [-0.15, -0.1) is 11.8 Å². The molecule has 1 aliphatic rings. The maximum Gasteiger partial charge on any atom is 0.233 e. The molecular weight excluding hydrogens is 294 g/mol. The number of amides is 1. The van der Waals surface area contributed by atoms with Crippen LogP contribution in [-0.2, 0) is 9.53 Å². The normalized spacial score (nSPS) is 19.1. The first-order valence-electron chi connectivity index (χ1n) is 6.86. The molecule has 0 radical (unpaired) electrons. The fourth-order valence-electron chi connectivity index (χ4n) is 2.19. The minimum absolute atomic E-state index is 0.0836. The molecule has 0 aromatic heterocycles. The Morgan fingerprint density at radius 1 is 1.50 bits per heavy atom. The number of hydrogen-bond acceptors (Lipinski definition) is 3. The fraction of sp³-hybridized carbons (Fsp3) is 0.533. The predicted molar refractivity (Wildman–Crippen MR) is 84.1 cm³/mol. The number of nitrogens with zero attached hydrogens (tertiary/aromatic N) is 1. The van der Waals surface area contributed by atoms with Crippen molar-refractivity contribution in [2.24, 2.45) is 0 Å². The summed E-state index contributed by atoms with van der Waals surface area (Å²) in [4.78, 5) is 13.9. The van der Waals surface area contributed by atoms with Gasteiger partial charge >= 0.3 is 0 Å². The van der Waals surface area contributed by atoms with Gasteiger partial charge in [-0.05, 0) is 38.0 Å². The second kappa shape index (κ2) is 7.34. The van der Waals surface area contributed by atoms with Crippen LogP contribution >= 0.6 is 23.4 Å². The monoisotopic (exact) mass is 313 g/mol. The molecule has 5 heteroatoms. The summed E-state index contributed by atoms with van der Waals surface area (Å²) in [6.45, 7) is 5.46. The summed E-state index contributed by atoms with van der Waals surface area (Å²) >= 11 is 7.70. The summed E-state index contributed by atoms with van der Waals surface area (Å²) in [7, 11) is 0. The van der Waals surface area contributed by atoms with E-state index in [-0.39, 0.29) is 17.4 Å². The summed E-state index contributed by atoms with van der Waals surface area (Å²) in [6, 6.07) is 7.75. The molecule has 1 aromatic carbocycles. The van der Waals surface area contributed by atoms with Crippen LogP contribution in [0, 0.1) is 0 Å². The maximum absolute atomic E-state index is 12.0. The number of ether oxygens (including phenoxy) is 1. The first-order valence-corrected chi connectivity index (χ1v) is 8.28. The van der Waals surface area contributed by atoms with E-state index in [9.17, 15) is 4.79 Å². The number of carbonyl (C=O) groups excluding carboxylic acids is 1. The number of halogens is 1. The summed E-state index contributed by atoms with van der Waals surface area (Å²) in [5.41, 5.74) is 1.10. The van der Waals surface area contributed by atoms with Crippen molar-refractivity contribution in [1.82, 2.24) is 4.90 Å². The predicted octanol–water partition coefficient (Wildman–Crippen LogP) is 3.73. The van der Waals surface area contributed by atoms with Crippen molar-refractivity contribution in [3.8, 4) is 0 Å². The Morgan fingerprint density at radius 2 is 2.30 bits per heavy atom. The van der Waals surface area contributed by atoms with Crippen molar-refractivity contribution in [1.29, 1.82) is 0 Å². The van der Waals surface area contributed by atoms with E-state index in [1.54, 1.807) is 11.8 Å². The SMILES string of the molecule is CC(C)OCCCN1C(=O)CSC1c1cccc(Cl)c1. The lowest BCUT2D eigenvalue weighted by atomic mass is 10.2. The highest BCUT2D eigenvalue weighted by Gasteiger charge is 2.32. The van der Waals surface area contributed by atoms with Gasteiger partial charge in [-0.3, -0.25) is 4.79 Å². The van der Waals surface area contributed by atoms with Gasteiger partial charge in [0, 0.05) is 18.2 Å². The van der Waals surface area contributed by atoms with E-state index in [1.165, 1.54) is 0 Å². The number of rotatable bonds is 6. The Kier molecular flexibility index (Phi) is 5.75. The number of benzene rings is 1. The Morgan fingerprint density at radius 3 is 3.00 bits per heavy atom. The molecule has 1 unspecified atom stereocenters. The number of hydrogen-bond donors (Lipinski definition) is 0. The van der Waals surface area contributed by atoms with Crippen LogP contribution < -0.4 is 0 Å². The summed E-state index contributed by atoms with van der Waals surface area (Å²) in [5.74, 6) is 0.742. The molecule has 1 fully saturated rings. The van der Waals surface area contributed by atoms with Crippen molar-refractivity contribution in [3.63, 3.8) is 0 Å². The van der Waals surface area contributed by atoms with Crippen molar-refractivity contribution < 1.29 is 9.53 Å². The van der Waals surface area contributed by atoms with Crippen LogP contribution in [0.25, 0.3) is 0 Å². The molecule has 110 valence electrons. The highest BCUT2D eigenvalue weighted by molar-refractivity contribution is 8.00. The standard InChI is InChI=1S/C15H20ClNO2S/c1-11(2)19-8-4-7-17-14(18)10-20-15(17)12-5-3-6-13(16)9-12/h3,5-6,9,11,15H,4,7-8,10H2,1-2H3. The minimum atomic E-state index is 0.0836. The smallest absolute Gasteiger partial charge is 0.233 e. The van der Waals surface area contributed by atoms with Crippen molar-refractivity contribution >= 4 is 29.3 Å². The van der Waals surface area contributed by atoms with E-state index in [2.05, 4.69) is 0 Å². The third-order valence-corrected chi connectivity index (χ3v) is 4.59. The van der Waals surface area contributed by atoms with E-state index in [0.717, 1.165) is 18.5 Å². The van der Waals surface area contributed by atoms with Gasteiger partial charge in [0.25, 0.3) is 0 Å². The van der Waals surface area contributed by atoms with Gasteiger partial charge in [0.05, 0.1) is 11.9 Å². The molecular formula is C15H20ClNO2S. The molecule has 1 aliphatic heterocycles. The lowest BCUT2D eigenvalue weighted by molar-refractivity contribution is -0.128. The van der Waals surface area contributed by atoms with Crippen LogP contribution in [0.5, 0.6) is 0 Å². The molecule has 1 amide bonds. The summed E-state index contributed by atoms with van der Waals surface area (Å²) in [6.07, 6.45) is 1.10. The van der Waals surface area contributed by atoms with Crippen molar-refractivity contribution in [2.75, 3.05) is 18.9 Å². The van der Waals surface area contributed by atoms with Gasteiger partial charge in [0.15, 0.2) is 0 Å². The highest BCUT2D eigenvalue weighted by atomic mass is 35.5.